The second-order valence-corrected chi connectivity index (χ2v) is 9.57. The Hall–Kier alpha value is -0.0800. The van der Waals surface area contributed by atoms with E-state index in [4.69, 9.17) is 9.47 Å². The van der Waals surface area contributed by atoms with E-state index >= 15 is 0 Å². The van der Waals surface area contributed by atoms with Crippen molar-refractivity contribution in [2.45, 2.75) is 76.7 Å². The molecule has 5 rings (SSSR count). The van der Waals surface area contributed by atoms with Gasteiger partial charge in [0.25, 0.3) is 0 Å². The first-order chi connectivity index (χ1) is 12.1. The van der Waals surface area contributed by atoms with Gasteiger partial charge in [0.2, 0.25) is 0 Å². The highest BCUT2D eigenvalue weighted by Gasteiger charge is 2.67. The topological polar surface area (TPSA) is 54.9 Å². The molecular formula is C20H34IN3O2. The Morgan fingerprint density at radius 2 is 1.62 bits per heavy atom. The molecule has 2 saturated heterocycles. The van der Waals surface area contributed by atoms with Crippen molar-refractivity contribution in [1.82, 2.24) is 10.6 Å². The van der Waals surface area contributed by atoms with Crippen LogP contribution in [0.1, 0.15) is 52.4 Å². The Kier molecular flexibility index (Phi) is 5.01. The molecule has 3 aliphatic carbocycles. The molecule has 3 saturated carbocycles. The van der Waals surface area contributed by atoms with Crippen LogP contribution in [-0.2, 0) is 9.47 Å². The fourth-order valence-electron chi connectivity index (χ4n) is 6.74. The van der Waals surface area contributed by atoms with Crippen molar-refractivity contribution < 1.29 is 9.47 Å². The molecule has 2 aliphatic heterocycles. The number of fused-ring (bicyclic) bond motifs is 3. The molecule has 5 nitrogen and oxygen atoms in total. The normalized spacial score (nSPS) is 44.5. The molecule has 6 heteroatoms. The predicted octanol–water partition coefficient (Wildman–Crippen LogP) is 2.93. The van der Waals surface area contributed by atoms with E-state index < -0.39 is 0 Å². The lowest BCUT2D eigenvalue weighted by Gasteiger charge is -2.64. The van der Waals surface area contributed by atoms with E-state index in [1.54, 1.807) is 0 Å². The van der Waals surface area contributed by atoms with Crippen LogP contribution in [0.5, 0.6) is 0 Å². The molecule has 2 N–H and O–H groups in total. The van der Waals surface area contributed by atoms with Crippen LogP contribution in [0.15, 0.2) is 4.99 Å². The number of aliphatic imine (C=N–C) groups is 1. The summed E-state index contributed by atoms with van der Waals surface area (Å²) >= 11 is 0. The molecule has 5 fully saturated rings. The van der Waals surface area contributed by atoms with Crippen LogP contribution in [0.4, 0.5) is 0 Å². The minimum Gasteiger partial charge on any atom is -0.377 e. The number of rotatable bonds is 2. The van der Waals surface area contributed by atoms with Crippen LogP contribution in [-0.4, -0.2) is 50.5 Å². The van der Waals surface area contributed by atoms with E-state index in [1.165, 1.54) is 38.5 Å². The maximum Gasteiger partial charge on any atom is 0.191 e. The number of hydrogen-bond acceptors (Lipinski definition) is 3. The number of nitrogens with zero attached hydrogens (tertiary/aromatic N) is 1. The number of ether oxygens (including phenoxy) is 2. The summed E-state index contributed by atoms with van der Waals surface area (Å²) in [5, 5.41) is 7.59. The van der Waals surface area contributed by atoms with Crippen LogP contribution >= 0.6 is 24.0 Å². The van der Waals surface area contributed by atoms with E-state index in [1.807, 2.05) is 7.05 Å². The molecule has 5 aliphatic rings. The van der Waals surface area contributed by atoms with Gasteiger partial charge in [-0.25, -0.2) is 0 Å². The maximum atomic E-state index is 6.06. The fraction of sp³-hybridized carbons (Fsp3) is 0.950. The molecule has 0 radical (unpaired) electrons. The Bertz CT molecular complexity index is 577. The van der Waals surface area contributed by atoms with Crippen LogP contribution < -0.4 is 10.6 Å². The third-order valence-corrected chi connectivity index (χ3v) is 8.18. The molecule has 1 spiro atoms. The molecule has 0 aromatic rings. The molecule has 0 amide bonds. The van der Waals surface area contributed by atoms with Gasteiger partial charge in [0.1, 0.15) is 0 Å². The van der Waals surface area contributed by atoms with Crippen molar-refractivity contribution >= 4 is 29.9 Å². The smallest absolute Gasteiger partial charge is 0.191 e. The Labute approximate surface area is 174 Å². The van der Waals surface area contributed by atoms with E-state index in [9.17, 15) is 0 Å². The van der Waals surface area contributed by atoms with E-state index in [0.717, 1.165) is 19.2 Å². The van der Waals surface area contributed by atoms with Crippen molar-refractivity contribution in [1.29, 1.82) is 0 Å². The molecule has 0 bridgehead atoms. The molecule has 148 valence electrons. The van der Waals surface area contributed by atoms with Gasteiger partial charge < -0.3 is 20.1 Å². The van der Waals surface area contributed by atoms with Crippen LogP contribution in [0, 0.1) is 22.7 Å². The number of halogens is 1. The molecule has 0 aromatic heterocycles. The first-order valence-corrected chi connectivity index (χ1v) is 10.3. The quantitative estimate of drug-likeness (QED) is 0.367. The van der Waals surface area contributed by atoms with Crippen LogP contribution in [0.3, 0.4) is 0 Å². The zero-order chi connectivity index (χ0) is 17.2. The third kappa shape index (κ3) is 2.50. The fourth-order valence-corrected chi connectivity index (χ4v) is 6.74. The summed E-state index contributed by atoms with van der Waals surface area (Å²) < 4.78 is 12.1. The maximum absolute atomic E-state index is 6.06. The van der Waals surface area contributed by atoms with Gasteiger partial charge in [0, 0.05) is 55.0 Å². The van der Waals surface area contributed by atoms with E-state index in [-0.39, 0.29) is 29.4 Å². The summed E-state index contributed by atoms with van der Waals surface area (Å²) in [5.74, 6) is 2.30. The van der Waals surface area contributed by atoms with Gasteiger partial charge in [-0.05, 0) is 32.1 Å². The number of nitrogens with one attached hydrogen (secondary N) is 2. The average molecular weight is 475 g/mol. The third-order valence-electron chi connectivity index (χ3n) is 8.18. The standard InChI is InChI=1S/C20H33N3O2.HI/c1-19(2)14(12-6-4-10-24-16(12)19)22-18(21-3)23-15-13-7-11-25-17(13)20(15)8-5-9-20;/h12-17H,4-11H2,1-3H3,(H2,21,22,23);1H. The molecular weight excluding hydrogens is 441 g/mol. The highest BCUT2D eigenvalue weighted by atomic mass is 127. The summed E-state index contributed by atoms with van der Waals surface area (Å²) in [6.07, 6.45) is 8.57. The molecule has 26 heavy (non-hydrogen) atoms. The zero-order valence-electron chi connectivity index (χ0n) is 16.3. The van der Waals surface area contributed by atoms with Gasteiger partial charge in [-0.2, -0.15) is 0 Å². The first-order valence-electron chi connectivity index (χ1n) is 10.3. The minimum atomic E-state index is 0. The summed E-state index contributed by atoms with van der Waals surface area (Å²) in [7, 11) is 1.91. The van der Waals surface area contributed by atoms with Gasteiger partial charge in [-0.15, -0.1) is 24.0 Å². The summed E-state index contributed by atoms with van der Waals surface area (Å²) in [6.45, 7) is 6.54. The van der Waals surface area contributed by atoms with Crippen molar-refractivity contribution in [2.24, 2.45) is 27.7 Å². The lowest BCUT2D eigenvalue weighted by Crippen LogP contribution is -2.75. The lowest BCUT2D eigenvalue weighted by molar-refractivity contribution is -0.189. The van der Waals surface area contributed by atoms with Gasteiger partial charge in [-0.3, -0.25) is 4.99 Å². The van der Waals surface area contributed by atoms with Gasteiger partial charge in [-0.1, -0.05) is 20.3 Å². The minimum absolute atomic E-state index is 0. The van der Waals surface area contributed by atoms with Gasteiger partial charge >= 0.3 is 0 Å². The van der Waals surface area contributed by atoms with Crippen molar-refractivity contribution in [3.63, 3.8) is 0 Å². The highest BCUT2D eigenvalue weighted by molar-refractivity contribution is 14.0. The number of hydrogen-bond donors (Lipinski definition) is 2. The van der Waals surface area contributed by atoms with Crippen molar-refractivity contribution in [3.8, 4) is 0 Å². The summed E-state index contributed by atoms with van der Waals surface area (Å²) in [6, 6.07) is 0.999. The Morgan fingerprint density at radius 3 is 2.31 bits per heavy atom. The monoisotopic (exact) mass is 475 g/mol. The SMILES string of the molecule is CN=C(NC1C2CCCOC2C1(C)C)NC1C2CCOC2C12CCC2.I. The first kappa shape index (κ1) is 19.2. The average Bonchev–Trinajstić information content (AvgIpc) is 2.98. The molecule has 6 unspecified atom stereocenters. The van der Waals surface area contributed by atoms with Gasteiger partial charge in [0.05, 0.1) is 12.2 Å². The second-order valence-electron chi connectivity index (χ2n) is 9.57. The molecule has 0 aromatic carbocycles. The summed E-state index contributed by atoms with van der Waals surface area (Å²) in [5.41, 5.74) is 0.569. The number of guanidine groups is 1. The molecule has 2 heterocycles. The second kappa shape index (κ2) is 6.76. The van der Waals surface area contributed by atoms with Crippen molar-refractivity contribution in [2.75, 3.05) is 20.3 Å². The predicted molar refractivity (Wildman–Crippen MR) is 113 cm³/mol. The lowest BCUT2D eigenvalue weighted by atomic mass is 9.46. The summed E-state index contributed by atoms with van der Waals surface area (Å²) in [4.78, 5) is 4.59. The Balaban J connectivity index is 0.00000168. The van der Waals surface area contributed by atoms with E-state index in [0.29, 0.717) is 41.5 Å². The zero-order valence-corrected chi connectivity index (χ0v) is 18.6. The van der Waals surface area contributed by atoms with Gasteiger partial charge in [0.15, 0.2) is 5.96 Å². The highest BCUT2D eigenvalue weighted by Crippen LogP contribution is 2.62. The Morgan fingerprint density at radius 1 is 0.923 bits per heavy atom. The van der Waals surface area contributed by atoms with Crippen LogP contribution in [0.25, 0.3) is 0 Å². The molecule has 6 atom stereocenters. The largest absolute Gasteiger partial charge is 0.377 e. The van der Waals surface area contributed by atoms with E-state index in [2.05, 4.69) is 29.5 Å². The van der Waals surface area contributed by atoms with Crippen molar-refractivity contribution in [3.05, 3.63) is 0 Å². The van der Waals surface area contributed by atoms with Crippen LogP contribution in [0.2, 0.25) is 0 Å².